The number of ether oxygens (including phenoxy) is 1. The number of hydrogen-bond acceptors (Lipinski definition) is 6. The summed E-state index contributed by atoms with van der Waals surface area (Å²) in [5.41, 5.74) is 1.04. The highest BCUT2D eigenvalue weighted by atomic mass is 79.9. The summed E-state index contributed by atoms with van der Waals surface area (Å²) < 4.78 is 7.82. The molecule has 11 heteroatoms. The van der Waals surface area contributed by atoms with Crippen molar-refractivity contribution in [2.75, 3.05) is 18.2 Å². The van der Waals surface area contributed by atoms with Crippen LogP contribution >= 0.6 is 39.3 Å². The Morgan fingerprint density at radius 1 is 1.22 bits per heavy atom. The number of carbonyl (C=O) groups is 2. The third-order valence-corrected chi connectivity index (χ3v) is 6.30. The Morgan fingerprint density at radius 3 is 2.72 bits per heavy atom. The molecule has 3 rings (SSSR count). The molecule has 0 atom stereocenters. The standard InChI is InChI=1S/C21H21BrClN5O3S/c1-3-28-18(11-24-20(30)14-6-4-5-7-15(14)22)26-27-21(28)32-12-19(29)25-16-10-13(23)8-9-17(16)31-2/h4-10H,3,11-12H2,1-2H3,(H,24,30)(H,25,29). The molecule has 0 aliphatic rings. The number of halogens is 2. The molecule has 2 amide bonds. The van der Waals surface area contributed by atoms with Crippen LogP contribution in [0.1, 0.15) is 23.1 Å². The molecule has 1 aromatic heterocycles. The van der Waals surface area contributed by atoms with Gasteiger partial charge in [-0.2, -0.15) is 0 Å². The SMILES string of the molecule is CCn1c(CNC(=O)c2ccccc2Br)nnc1SCC(=O)Nc1cc(Cl)ccc1OC. The minimum absolute atomic E-state index is 0.122. The molecule has 1 heterocycles. The number of hydrogen-bond donors (Lipinski definition) is 2. The third-order valence-electron chi connectivity index (χ3n) is 4.40. The number of amides is 2. The number of carbonyl (C=O) groups excluding carboxylic acids is 2. The van der Waals surface area contributed by atoms with Crippen LogP contribution in [0.15, 0.2) is 52.1 Å². The Balaban J connectivity index is 1.60. The van der Waals surface area contributed by atoms with E-state index in [1.54, 1.807) is 30.3 Å². The van der Waals surface area contributed by atoms with Crippen LogP contribution in [0.3, 0.4) is 0 Å². The van der Waals surface area contributed by atoms with Crippen LogP contribution in [0.25, 0.3) is 0 Å². The van der Waals surface area contributed by atoms with Crippen molar-refractivity contribution in [3.8, 4) is 5.75 Å². The molecule has 0 unspecified atom stereocenters. The average molecular weight is 539 g/mol. The van der Waals surface area contributed by atoms with Gasteiger partial charge < -0.3 is 19.9 Å². The fraction of sp³-hybridized carbons (Fsp3) is 0.238. The van der Waals surface area contributed by atoms with Gasteiger partial charge in [-0.1, -0.05) is 35.5 Å². The molecule has 8 nitrogen and oxygen atoms in total. The first-order chi connectivity index (χ1) is 15.4. The predicted molar refractivity (Wildman–Crippen MR) is 128 cm³/mol. The van der Waals surface area contributed by atoms with E-state index in [9.17, 15) is 9.59 Å². The molecule has 0 spiro atoms. The first kappa shape index (κ1) is 24.1. The highest BCUT2D eigenvalue weighted by Gasteiger charge is 2.16. The molecule has 168 valence electrons. The van der Waals surface area contributed by atoms with Crippen molar-refractivity contribution in [2.24, 2.45) is 0 Å². The maximum atomic E-state index is 12.4. The Bertz CT molecular complexity index is 1120. The molecule has 0 aliphatic heterocycles. The van der Waals surface area contributed by atoms with Crippen molar-refractivity contribution in [2.45, 2.75) is 25.2 Å². The topological polar surface area (TPSA) is 98.1 Å². The number of aromatic nitrogens is 3. The minimum Gasteiger partial charge on any atom is -0.495 e. The number of methoxy groups -OCH3 is 1. The lowest BCUT2D eigenvalue weighted by Crippen LogP contribution is -2.25. The molecule has 32 heavy (non-hydrogen) atoms. The molecular formula is C21H21BrClN5O3S. The molecule has 0 saturated carbocycles. The van der Waals surface area contributed by atoms with Crippen LogP contribution in [-0.2, 0) is 17.9 Å². The van der Waals surface area contributed by atoms with E-state index in [1.807, 2.05) is 23.6 Å². The fourth-order valence-corrected chi connectivity index (χ4v) is 4.33. The Labute approximate surface area is 203 Å². The van der Waals surface area contributed by atoms with E-state index in [4.69, 9.17) is 16.3 Å². The van der Waals surface area contributed by atoms with E-state index in [0.717, 1.165) is 0 Å². The van der Waals surface area contributed by atoms with Crippen LogP contribution in [0, 0.1) is 0 Å². The average Bonchev–Trinajstić information content (AvgIpc) is 3.18. The Hall–Kier alpha value is -2.56. The van der Waals surface area contributed by atoms with Crippen molar-refractivity contribution in [3.05, 3.63) is 63.3 Å². The lowest BCUT2D eigenvalue weighted by molar-refractivity contribution is -0.113. The summed E-state index contributed by atoms with van der Waals surface area (Å²) in [7, 11) is 1.52. The quantitative estimate of drug-likeness (QED) is 0.392. The summed E-state index contributed by atoms with van der Waals surface area (Å²) in [4.78, 5) is 24.9. The van der Waals surface area contributed by atoms with Gasteiger partial charge in [-0.3, -0.25) is 9.59 Å². The minimum atomic E-state index is -0.231. The van der Waals surface area contributed by atoms with Gasteiger partial charge in [0.1, 0.15) is 5.75 Å². The van der Waals surface area contributed by atoms with Gasteiger partial charge in [-0.05, 0) is 53.2 Å². The number of nitrogens with zero attached hydrogens (tertiary/aromatic N) is 3. The van der Waals surface area contributed by atoms with Crippen molar-refractivity contribution in [1.29, 1.82) is 0 Å². The molecule has 2 aromatic carbocycles. The van der Waals surface area contributed by atoms with Crippen molar-refractivity contribution >= 4 is 56.8 Å². The van der Waals surface area contributed by atoms with E-state index < -0.39 is 0 Å². The predicted octanol–water partition coefficient (Wildman–Crippen LogP) is 4.38. The third kappa shape index (κ3) is 6.02. The monoisotopic (exact) mass is 537 g/mol. The summed E-state index contributed by atoms with van der Waals surface area (Å²) in [5, 5.41) is 15.1. The summed E-state index contributed by atoms with van der Waals surface area (Å²) >= 11 is 10.6. The van der Waals surface area contributed by atoms with E-state index >= 15 is 0 Å². The number of thioether (sulfide) groups is 1. The van der Waals surface area contributed by atoms with Crippen LogP contribution < -0.4 is 15.4 Å². The summed E-state index contributed by atoms with van der Waals surface area (Å²) in [5.74, 6) is 0.800. The van der Waals surface area contributed by atoms with Gasteiger partial charge in [0.2, 0.25) is 5.91 Å². The normalized spacial score (nSPS) is 10.6. The Kier molecular flexibility index (Phi) is 8.54. The van der Waals surface area contributed by atoms with Crippen molar-refractivity contribution in [3.63, 3.8) is 0 Å². The van der Waals surface area contributed by atoms with Crippen LogP contribution in [-0.4, -0.2) is 39.4 Å². The molecular weight excluding hydrogens is 518 g/mol. The fourth-order valence-electron chi connectivity index (χ4n) is 2.87. The summed E-state index contributed by atoms with van der Waals surface area (Å²) in [6.07, 6.45) is 0. The largest absolute Gasteiger partial charge is 0.495 e. The first-order valence-electron chi connectivity index (χ1n) is 9.64. The second kappa shape index (κ2) is 11.3. The maximum absolute atomic E-state index is 12.4. The van der Waals surface area contributed by atoms with Crippen LogP contribution in [0.2, 0.25) is 5.02 Å². The van der Waals surface area contributed by atoms with Gasteiger partial charge in [0, 0.05) is 16.0 Å². The van der Waals surface area contributed by atoms with Crippen LogP contribution in [0.4, 0.5) is 5.69 Å². The van der Waals surface area contributed by atoms with Gasteiger partial charge in [0.15, 0.2) is 11.0 Å². The second-order valence-electron chi connectivity index (χ2n) is 6.49. The van der Waals surface area contributed by atoms with Gasteiger partial charge in [0.25, 0.3) is 5.91 Å². The van der Waals surface area contributed by atoms with E-state index in [0.29, 0.717) is 44.0 Å². The molecule has 0 saturated heterocycles. The van der Waals surface area contributed by atoms with Gasteiger partial charge in [-0.25, -0.2) is 0 Å². The summed E-state index contributed by atoms with van der Waals surface area (Å²) in [6, 6.07) is 12.2. The van der Waals surface area contributed by atoms with Crippen molar-refractivity contribution in [1.82, 2.24) is 20.1 Å². The van der Waals surface area contributed by atoms with Gasteiger partial charge in [-0.15, -0.1) is 10.2 Å². The second-order valence-corrected chi connectivity index (χ2v) is 8.72. The van der Waals surface area contributed by atoms with Crippen molar-refractivity contribution < 1.29 is 14.3 Å². The molecule has 0 fully saturated rings. The molecule has 0 bridgehead atoms. The van der Waals surface area contributed by atoms with Gasteiger partial charge in [0.05, 0.1) is 30.7 Å². The zero-order chi connectivity index (χ0) is 23.1. The van der Waals surface area contributed by atoms with Gasteiger partial charge >= 0.3 is 0 Å². The molecule has 0 aliphatic carbocycles. The number of nitrogens with one attached hydrogen (secondary N) is 2. The molecule has 3 aromatic rings. The highest BCUT2D eigenvalue weighted by Crippen LogP contribution is 2.28. The van der Waals surface area contributed by atoms with Crippen LogP contribution in [0.5, 0.6) is 5.75 Å². The molecule has 2 N–H and O–H groups in total. The molecule has 0 radical (unpaired) electrons. The zero-order valence-electron chi connectivity index (χ0n) is 17.4. The summed E-state index contributed by atoms with van der Waals surface area (Å²) in [6.45, 7) is 2.76. The first-order valence-corrected chi connectivity index (χ1v) is 11.8. The number of benzene rings is 2. The zero-order valence-corrected chi connectivity index (χ0v) is 20.6. The lowest BCUT2D eigenvalue weighted by Gasteiger charge is -2.11. The number of anilines is 1. The number of rotatable bonds is 9. The highest BCUT2D eigenvalue weighted by molar-refractivity contribution is 9.10. The van der Waals surface area contributed by atoms with E-state index in [2.05, 4.69) is 36.8 Å². The Morgan fingerprint density at radius 2 is 2.00 bits per heavy atom. The smallest absolute Gasteiger partial charge is 0.252 e. The maximum Gasteiger partial charge on any atom is 0.252 e. The van der Waals surface area contributed by atoms with E-state index in [1.165, 1.54) is 18.9 Å². The lowest BCUT2D eigenvalue weighted by atomic mass is 10.2. The van der Waals surface area contributed by atoms with E-state index in [-0.39, 0.29) is 24.1 Å².